The van der Waals surface area contributed by atoms with E-state index < -0.39 is 28.9 Å². The number of nitrogens with zero attached hydrogens (tertiary/aromatic N) is 1. The minimum Gasteiger partial charge on any atom is -0.507 e. The number of aliphatic carboxylic acids is 1. The maximum absolute atomic E-state index is 13.8. The van der Waals surface area contributed by atoms with Crippen LogP contribution >= 0.6 is 0 Å². The number of hydrogen-bond donors (Lipinski definition) is 3. The number of phenolic OH excluding ortho intramolecular Hbond substituents is 1. The molecule has 1 heterocycles. The van der Waals surface area contributed by atoms with Gasteiger partial charge in [0.1, 0.15) is 18.2 Å². The summed E-state index contributed by atoms with van der Waals surface area (Å²) in [5.74, 6) is -1.42. The third-order valence-electron chi connectivity index (χ3n) is 7.72. The number of hydrogen-bond acceptors (Lipinski definition) is 3. The number of halogens is 2. The molecular formula is C27H31F2NO4. The molecule has 1 fully saturated rings. The average molecular weight is 472 g/mol. The molecule has 0 atom stereocenters. The lowest BCUT2D eigenvalue weighted by Gasteiger charge is -2.43. The molecule has 2 aromatic carbocycles. The first-order valence-corrected chi connectivity index (χ1v) is 11.5. The van der Waals surface area contributed by atoms with Gasteiger partial charge in [0.05, 0.1) is 17.5 Å². The van der Waals surface area contributed by atoms with Crippen LogP contribution in [0.15, 0.2) is 42.5 Å². The number of aliphatic hydroxyl groups excluding tert-OH is 1. The fraction of sp³-hybridized carbons (Fsp3) is 0.444. The summed E-state index contributed by atoms with van der Waals surface area (Å²) in [6.45, 7) is 4.71. The van der Waals surface area contributed by atoms with Crippen molar-refractivity contribution in [2.75, 3.05) is 13.3 Å². The van der Waals surface area contributed by atoms with Crippen LogP contribution in [0.3, 0.4) is 0 Å². The molecule has 3 aromatic rings. The Balaban J connectivity index is 2.03. The predicted octanol–water partition coefficient (Wildman–Crippen LogP) is 5.62. The fourth-order valence-corrected chi connectivity index (χ4v) is 5.42. The van der Waals surface area contributed by atoms with Gasteiger partial charge in [0.2, 0.25) is 0 Å². The number of aromatic nitrogens is 1. The highest BCUT2D eigenvalue weighted by Crippen LogP contribution is 2.53. The summed E-state index contributed by atoms with van der Waals surface area (Å²) in [6, 6.07) is 11.2. The van der Waals surface area contributed by atoms with E-state index in [1.807, 2.05) is 31.4 Å². The summed E-state index contributed by atoms with van der Waals surface area (Å²) in [6.07, 6.45) is 1.17. The smallest absolute Gasteiger partial charge is 0.312 e. The van der Waals surface area contributed by atoms with Crippen molar-refractivity contribution in [3.05, 3.63) is 59.5 Å². The second kappa shape index (κ2) is 8.38. The first-order valence-electron chi connectivity index (χ1n) is 11.5. The van der Waals surface area contributed by atoms with Crippen LogP contribution in [0.4, 0.5) is 8.78 Å². The number of aromatic hydroxyl groups is 1. The van der Waals surface area contributed by atoms with Crippen LogP contribution in [0.1, 0.15) is 57.7 Å². The zero-order chi connectivity index (χ0) is 24.9. The van der Waals surface area contributed by atoms with Gasteiger partial charge in [-0.05, 0) is 73.1 Å². The van der Waals surface area contributed by atoms with Crippen molar-refractivity contribution in [3.63, 3.8) is 0 Å². The Labute approximate surface area is 197 Å². The molecule has 0 radical (unpaired) electrons. The Kier molecular flexibility index (Phi) is 5.96. The Morgan fingerprint density at radius 3 is 2.24 bits per heavy atom. The lowest BCUT2D eigenvalue weighted by molar-refractivity contribution is -0.153. The number of aliphatic hydroxyl groups is 1. The second-order valence-corrected chi connectivity index (χ2v) is 10.5. The lowest BCUT2D eigenvalue weighted by atomic mass is 9.61. The number of carboxylic acids is 1. The zero-order valence-electron chi connectivity index (χ0n) is 19.7. The second-order valence-electron chi connectivity index (χ2n) is 10.5. The number of alkyl halides is 1. The summed E-state index contributed by atoms with van der Waals surface area (Å²) in [4.78, 5) is 11.9. The van der Waals surface area contributed by atoms with E-state index >= 15 is 0 Å². The van der Waals surface area contributed by atoms with E-state index in [0.29, 0.717) is 29.4 Å². The molecule has 34 heavy (non-hydrogen) atoms. The van der Waals surface area contributed by atoms with Gasteiger partial charge < -0.3 is 19.9 Å². The highest BCUT2D eigenvalue weighted by molar-refractivity contribution is 5.94. The highest BCUT2D eigenvalue weighted by atomic mass is 19.1. The molecule has 1 aliphatic rings. The zero-order valence-corrected chi connectivity index (χ0v) is 19.7. The molecule has 4 rings (SSSR count). The van der Waals surface area contributed by atoms with Gasteiger partial charge in [-0.25, -0.2) is 8.78 Å². The fourth-order valence-electron chi connectivity index (χ4n) is 5.42. The molecule has 182 valence electrons. The Hall–Kier alpha value is -2.93. The van der Waals surface area contributed by atoms with Gasteiger partial charge in [0, 0.05) is 22.2 Å². The van der Waals surface area contributed by atoms with Crippen molar-refractivity contribution >= 4 is 16.9 Å². The van der Waals surface area contributed by atoms with E-state index in [1.54, 1.807) is 24.3 Å². The molecule has 3 N–H and O–H groups in total. The number of carbonyl (C=O) groups is 1. The van der Waals surface area contributed by atoms with Crippen molar-refractivity contribution in [3.8, 4) is 11.4 Å². The molecule has 0 bridgehead atoms. The summed E-state index contributed by atoms with van der Waals surface area (Å²) in [5, 5.41) is 31.7. The molecule has 1 aliphatic carbocycles. The molecule has 0 unspecified atom stereocenters. The van der Waals surface area contributed by atoms with Crippen LogP contribution in [0, 0.1) is 11.2 Å². The molecule has 1 saturated carbocycles. The molecule has 5 nitrogen and oxygen atoms in total. The van der Waals surface area contributed by atoms with Crippen molar-refractivity contribution in [1.29, 1.82) is 0 Å². The van der Waals surface area contributed by atoms with E-state index in [9.17, 15) is 28.9 Å². The Bertz CT molecular complexity index is 1220. The van der Waals surface area contributed by atoms with Gasteiger partial charge in [-0.2, -0.15) is 0 Å². The van der Waals surface area contributed by atoms with Gasteiger partial charge in [0.25, 0.3) is 0 Å². The minimum atomic E-state index is -1.40. The van der Waals surface area contributed by atoms with Gasteiger partial charge in [-0.15, -0.1) is 0 Å². The van der Waals surface area contributed by atoms with E-state index in [0.717, 1.165) is 11.3 Å². The van der Waals surface area contributed by atoms with Gasteiger partial charge in [-0.3, -0.25) is 4.79 Å². The lowest BCUT2D eigenvalue weighted by Crippen LogP contribution is -2.43. The van der Waals surface area contributed by atoms with E-state index in [4.69, 9.17) is 0 Å². The van der Waals surface area contributed by atoms with Crippen molar-refractivity contribution in [1.82, 2.24) is 4.57 Å². The molecule has 0 amide bonds. The topological polar surface area (TPSA) is 82.7 Å². The van der Waals surface area contributed by atoms with Crippen LogP contribution < -0.4 is 0 Å². The monoisotopic (exact) mass is 471 g/mol. The number of carboxylic acid groups (broad SMARTS) is 1. The predicted molar refractivity (Wildman–Crippen MR) is 127 cm³/mol. The van der Waals surface area contributed by atoms with Crippen LogP contribution in [0.5, 0.6) is 5.75 Å². The molecular weight excluding hydrogens is 440 g/mol. The molecule has 7 heteroatoms. The SMILES string of the molecule is CC(C)(CO)c1c([C@]2(C)CC[C@@](CF)(C(=O)O)CC2)c2c(O)cccc2n1-c1ccc(F)cc1. The molecule has 0 spiro atoms. The quantitative estimate of drug-likeness (QED) is 0.436. The first kappa shape index (κ1) is 24.2. The number of benzene rings is 2. The molecule has 1 aromatic heterocycles. The third-order valence-corrected chi connectivity index (χ3v) is 7.72. The first-order chi connectivity index (χ1) is 16.0. The van der Waals surface area contributed by atoms with Crippen LogP contribution in [0.2, 0.25) is 0 Å². The number of phenols is 1. The number of rotatable bonds is 6. The summed E-state index contributed by atoms with van der Waals surface area (Å²) in [7, 11) is 0. The van der Waals surface area contributed by atoms with Crippen molar-refractivity contribution < 1.29 is 28.9 Å². The molecule has 0 aliphatic heterocycles. The van der Waals surface area contributed by atoms with Gasteiger partial charge in [-0.1, -0.05) is 26.8 Å². The maximum atomic E-state index is 13.8. The van der Waals surface area contributed by atoms with Crippen LogP contribution in [0.25, 0.3) is 16.6 Å². The van der Waals surface area contributed by atoms with Crippen LogP contribution in [-0.2, 0) is 15.6 Å². The van der Waals surface area contributed by atoms with E-state index in [-0.39, 0.29) is 31.0 Å². The van der Waals surface area contributed by atoms with E-state index in [1.165, 1.54) is 12.1 Å². The largest absolute Gasteiger partial charge is 0.507 e. The summed E-state index contributed by atoms with van der Waals surface area (Å²) in [5.41, 5.74) is 0.259. The third kappa shape index (κ3) is 3.66. The van der Waals surface area contributed by atoms with Gasteiger partial charge >= 0.3 is 5.97 Å². The maximum Gasteiger partial charge on any atom is 0.312 e. The molecule has 0 saturated heterocycles. The highest BCUT2D eigenvalue weighted by Gasteiger charge is 2.49. The van der Waals surface area contributed by atoms with Crippen LogP contribution in [-0.4, -0.2) is 39.1 Å². The van der Waals surface area contributed by atoms with Gasteiger partial charge in [0.15, 0.2) is 0 Å². The summed E-state index contributed by atoms with van der Waals surface area (Å²) >= 11 is 0. The van der Waals surface area contributed by atoms with E-state index in [2.05, 4.69) is 0 Å². The minimum absolute atomic E-state index is 0.0742. The average Bonchev–Trinajstić information content (AvgIpc) is 3.18. The Morgan fingerprint density at radius 2 is 1.71 bits per heavy atom. The van der Waals surface area contributed by atoms with Crippen molar-refractivity contribution in [2.24, 2.45) is 5.41 Å². The Morgan fingerprint density at radius 1 is 1.09 bits per heavy atom. The standard InChI is InChI=1S/C27H31F2NO4/c1-25(2,16-31)23-22(26(3)11-13-27(15-28,14-12-26)24(33)34)21-19(5-4-6-20(21)32)30(23)18-9-7-17(29)8-10-18/h4-10,31-32H,11-16H2,1-3H3,(H,33,34)/t26-,27-. The van der Waals surface area contributed by atoms with Crippen molar-refractivity contribution in [2.45, 2.75) is 57.3 Å². The number of fused-ring (bicyclic) bond motifs is 1. The normalized spacial score (nSPS) is 23.4. The summed E-state index contributed by atoms with van der Waals surface area (Å²) < 4.78 is 29.5.